The van der Waals surface area contributed by atoms with E-state index in [1.807, 2.05) is 0 Å². The van der Waals surface area contributed by atoms with E-state index in [0.717, 1.165) is 0 Å². The van der Waals surface area contributed by atoms with Crippen molar-refractivity contribution in [2.75, 3.05) is 7.05 Å². The van der Waals surface area contributed by atoms with Crippen molar-refractivity contribution in [2.45, 2.75) is 13.8 Å². The number of allylic oxidation sites excluding steroid dienone is 1. The molecular weight excluding hydrogens is 166 g/mol. The van der Waals surface area contributed by atoms with E-state index < -0.39 is 0 Å². The first kappa shape index (κ1) is 11.4. The Kier molecular flexibility index (Phi) is 5.18. The molecule has 0 amide bonds. The minimum atomic E-state index is -0.0528. The molecule has 0 aromatic heterocycles. The second-order valence-corrected chi connectivity index (χ2v) is 2.29. The number of nitrogens with zero attached hydrogens (tertiary/aromatic N) is 2. The standard InChI is InChI=1S/C8H15N5/c1-4-12-6(2)7(8(9)10)13-5-11-3/h4-5H,1-3H3,(H3,9,10)(H,11,13)/b7-6+,12-4?. The zero-order valence-corrected chi connectivity index (χ0v) is 8.13. The highest BCUT2D eigenvalue weighted by Gasteiger charge is 2.02. The van der Waals surface area contributed by atoms with Crippen LogP contribution in [0.3, 0.4) is 0 Å². The van der Waals surface area contributed by atoms with Crippen LogP contribution in [-0.2, 0) is 0 Å². The number of aliphatic imine (C=N–C) groups is 2. The van der Waals surface area contributed by atoms with Crippen LogP contribution in [0.2, 0.25) is 0 Å². The Morgan fingerprint density at radius 1 is 1.54 bits per heavy atom. The first-order valence-electron chi connectivity index (χ1n) is 3.84. The summed E-state index contributed by atoms with van der Waals surface area (Å²) in [6.07, 6.45) is 3.11. The molecule has 0 bridgehead atoms. The molecule has 0 aromatic rings. The van der Waals surface area contributed by atoms with Gasteiger partial charge in [-0.15, -0.1) is 0 Å². The minimum absolute atomic E-state index is 0.0528. The van der Waals surface area contributed by atoms with E-state index in [-0.39, 0.29) is 5.84 Å². The summed E-state index contributed by atoms with van der Waals surface area (Å²) in [5.41, 5.74) is 6.47. The molecule has 0 fully saturated rings. The molecule has 0 atom stereocenters. The van der Waals surface area contributed by atoms with Crippen molar-refractivity contribution in [3.05, 3.63) is 11.4 Å². The van der Waals surface area contributed by atoms with Gasteiger partial charge in [0.25, 0.3) is 0 Å². The van der Waals surface area contributed by atoms with Crippen LogP contribution < -0.4 is 11.1 Å². The molecule has 0 spiro atoms. The fourth-order valence-corrected chi connectivity index (χ4v) is 0.764. The summed E-state index contributed by atoms with van der Waals surface area (Å²) in [5.74, 6) is -0.0528. The van der Waals surface area contributed by atoms with Crippen LogP contribution in [0.1, 0.15) is 13.8 Å². The van der Waals surface area contributed by atoms with Crippen molar-refractivity contribution < 1.29 is 0 Å². The second kappa shape index (κ2) is 5.93. The molecule has 4 N–H and O–H groups in total. The van der Waals surface area contributed by atoms with E-state index in [0.29, 0.717) is 11.4 Å². The number of amidine groups is 1. The predicted molar refractivity (Wildman–Crippen MR) is 56.3 cm³/mol. The molecular formula is C8H15N5. The Labute approximate surface area is 78.0 Å². The van der Waals surface area contributed by atoms with E-state index in [9.17, 15) is 0 Å². The maximum atomic E-state index is 7.26. The number of rotatable bonds is 4. The molecule has 72 valence electrons. The molecule has 5 heteroatoms. The van der Waals surface area contributed by atoms with Gasteiger partial charge >= 0.3 is 0 Å². The fourth-order valence-electron chi connectivity index (χ4n) is 0.764. The maximum Gasteiger partial charge on any atom is 0.141 e. The Bertz CT molecular complexity index is 262. The zero-order chi connectivity index (χ0) is 10.3. The molecule has 0 aromatic carbocycles. The summed E-state index contributed by atoms with van der Waals surface area (Å²) in [6.45, 7) is 3.57. The quantitative estimate of drug-likeness (QED) is 0.435. The molecule has 0 heterocycles. The molecule has 5 nitrogen and oxygen atoms in total. The van der Waals surface area contributed by atoms with E-state index in [1.165, 1.54) is 6.34 Å². The summed E-state index contributed by atoms with van der Waals surface area (Å²) >= 11 is 0. The number of nitrogens with two attached hydrogens (primary N) is 1. The molecule has 0 saturated heterocycles. The Hall–Kier alpha value is -1.65. The predicted octanol–water partition coefficient (Wildman–Crippen LogP) is 0.492. The number of nitrogens with one attached hydrogen (secondary N) is 2. The summed E-state index contributed by atoms with van der Waals surface area (Å²) < 4.78 is 0. The van der Waals surface area contributed by atoms with Gasteiger partial charge in [-0.3, -0.25) is 15.4 Å². The van der Waals surface area contributed by atoms with Gasteiger partial charge in [0.2, 0.25) is 0 Å². The molecule has 0 saturated carbocycles. The van der Waals surface area contributed by atoms with Gasteiger partial charge in [0.05, 0.1) is 12.0 Å². The molecule has 0 aliphatic heterocycles. The van der Waals surface area contributed by atoms with Crippen molar-refractivity contribution in [1.82, 2.24) is 5.32 Å². The lowest BCUT2D eigenvalue weighted by Gasteiger charge is -2.05. The van der Waals surface area contributed by atoms with Gasteiger partial charge in [-0.1, -0.05) is 0 Å². The van der Waals surface area contributed by atoms with Crippen molar-refractivity contribution in [1.29, 1.82) is 5.41 Å². The molecule has 0 aliphatic rings. The van der Waals surface area contributed by atoms with Gasteiger partial charge < -0.3 is 11.1 Å². The van der Waals surface area contributed by atoms with Crippen LogP contribution in [-0.4, -0.2) is 25.4 Å². The average molecular weight is 181 g/mol. The van der Waals surface area contributed by atoms with Crippen LogP contribution in [0.4, 0.5) is 0 Å². The van der Waals surface area contributed by atoms with Gasteiger partial charge in [0, 0.05) is 13.3 Å². The van der Waals surface area contributed by atoms with Gasteiger partial charge in [0.1, 0.15) is 11.5 Å². The molecule has 0 aliphatic carbocycles. The van der Waals surface area contributed by atoms with Crippen molar-refractivity contribution in [2.24, 2.45) is 15.7 Å². The summed E-state index contributed by atoms with van der Waals surface area (Å²) in [7, 11) is 1.63. The number of hydrogen-bond acceptors (Lipinski definition) is 3. The second-order valence-electron chi connectivity index (χ2n) is 2.29. The first-order chi connectivity index (χ1) is 6.13. The number of hydrogen-bond donors (Lipinski definition) is 3. The third-order valence-corrected chi connectivity index (χ3v) is 1.29. The maximum absolute atomic E-state index is 7.26. The van der Waals surface area contributed by atoms with Crippen LogP contribution >= 0.6 is 0 Å². The monoisotopic (exact) mass is 181 g/mol. The van der Waals surface area contributed by atoms with Crippen LogP contribution in [0.25, 0.3) is 0 Å². The zero-order valence-electron chi connectivity index (χ0n) is 8.13. The van der Waals surface area contributed by atoms with Gasteiger partial charge in [-0.25, -0.2) is 0 Å². The lowest BCUT2D eigenvalue weighted by atomic mass is 10.3. The normalized spacial score (nSPS) is 13.5. The third kappa shape index (κ3) is 4.05. The molecule has 13 heavy (non-hydrogen) atoms. The smallest absolute Gasteiger partial charge is 0.141 e. The van der Waals surface area contributed by atoms with Crippen LogP contribution in [0.5, 0.6) is 0 Å². The molecule has 0 unspecified atom stereocenters. The van der Waals surface area contributed by atoms with Crippen molar-refractivity contribution >= 4 is 18.4 Å². The van der Waals surface area contributed by atoms with Gasteiger partial charge in [-0.2, -0.15) is 0 Å². The van der Waals surface area contributed by atoms with E-state index in [2.05, 4.69) is 15.3 Å². The Morgan fingerprint density at radius 3 is 2.54 bits per heavy atom. The minimum Gasteiger partial charge on any atom is -0.382 e. The van der Waals surface area contributed by atoms with Gasteiger partial charge in [0.15, 0.2) is 0 Å². The molecule has 0 rings (SSSR count). The van der Waals surface area contributed by atoms with Gasteiger partial charge in [-0.05, 0) is 13.8 Å². The highest BCUT2D eigenvalue weighted by atomic mass is 15.0. The SMILES string of the molecule is CC=N/C(C)=C(/NC=NC)C(=N)N. The summed E-state index contributed by atoms with van der Waals surface area (Å²) in [4.78, 5) is 7.73. The Balaban J connectivity index is 4.77. The summed E-state index contributed by atoms with van der Waals surface area (Å²) in [5, 5.41) is 10.0. The van der Waals surface area contributed by atoms with Crippen LogP contribution in [0.15, 0.2) is 21.4 Å². The topological polar surface area (TPSA) is 86.6 Å². The fraction of sp³-hybridized carbons (Fsp3) is 0.375. The lowest BCUT2D eigenvalue weighted by Crippen LogP contribution is -2.25. The van der Waals surface area contributed by atoms with E-state index in [4.69, 9.17) is 11.1 Å². The van der Waals surface area contributed by atoms with E-state index in [1.54, 1.807) is 27.1 Å². The Morgan fingerprint density at radius 2 is 2.15 bits per heavy atom. The van der Waals surface area contributed by atoms with Crippen molar-refractivity contribution in [3.63, 3.8) is 0 Å². The van der Waals surface area contributed by atoms with E-state index >= 15 is 0 Å². The largest absolute Gasteiger partial charge is 0.382 e. The first-order valence-corrected chi connectivity index (χ1v) is 3.84. The lowest BCUT2D eigenvalue weighted by molar-refractivity contribution is 1.11. The third-order valence-electron chi connectivity index (χ3n) is 1.29. The average Bonchev–Trinajstić information content (AvgIpc) is 2.05. The van der Waals surface area contributed by atoms with Crippen molar-refractivity contribution in [3.8, 4) is 0 Å². The summed E-state index contributed by atoms with van der Waals surface area (Å²) in [6, 6.07) is 0. The highest BCUT2D eigenvalue weighted by Crippen LogP contribution is 2.00. The van der Waals surface area contributed by atoms with Crippen LogP contribution in [0, 0.1) is 5.41 Å². The molecule has 0 radical (unpaired) electrons. The highest BCUT2D eigenvalue weighted by molar-refractivity contribution is 5.96.